The maximum Gasteiger partial charge on any atom is 0.251 e. The molecule has 306 valence electrons. The van der Waals surface area contributed by atoms with Crippen LogP contribution in [0.25, 0.3) is 11.1 Å². The fourth-order valence-electron chi connectivity index (χ4n) is 9.27. The van der Waals surface area contributed by atoms with E-state index in [0.29, 0.717) is 53.3 Å². The maximum absolute atomic E-state index is 14.3. The minimum atomic E-state index is -3.37. The zero-order chi connectivity index (χ0) is 40.6. The number of aliphatic hydroxyl groups is 2. The number of anilines is 1. The molecule has 2 aromatic carbocycles. The van der Waals surface area contributed by atoms with Crippen molar-refractivity contribution in [2.45, 2.75) is 84.3 Å². The molecule has 9 atom stereocenters. The van der Waals surface area contributed by atoms with Gasteiger partial charge < -0.3 is 35.4 Å². The van der Waals surface area contributed by atoms with E-state index < -0.39 is 46.0 Å². The first kappa shape index (κ1) is 42.9. The summed E-state index contributed by atoms with van der Waals surface area (Å²) in [5.41, 5.74) is 3.50. The highest BCUT2D eigenvalue weighted by Crippen LogP contribution is 2.61. The normalized spacial score (nSPS) is 27.3. The van der Waals surface area contributed by atoms with E-state index >= 15 is 0 Å². The second kappa shape index (κ2) is 17.1. The lowest BCUT2D eigenvalue weighted by molar-refractivity contribution is -0.183. The summed E-state index contributed by atoms with van der Waals surface area (Å²) in [7, 11) is 4.04. The topological polar surface area (TPSA) is 161 Å². The van der Waals surface area contributed by atoms with Crippen molar-refractivity contribution in [3.63, 3.8) is 0 Å². The van der Waals surface area contributed by atoms with E-state index in [1.165, 1.54) is 6.42 Å². The van der Waals surface area contributed by atoms with E-state index in [1.54, 1.807) is 24.1 Å². The van der Waals surface area contributed by atoms with Crippen molar-refractivity contribution in [1.82, 2.24) is 20.6 Å². The summed E-state index contributed by atoms with van der Waals surface area (Å²) in [5.74, 6) is 0.429. The number of aliphatic hydroxyl groups excluding tert-OH is 2. The quantitative estimate of drug-likeness (QED) is 0.198. The number of likely N-dealkylation sites (N-methyl/N-ethyl adjacent to an activating group) is 1. The van der Waals surface area contributed by atoms with E-state index in [0.717, 1.165) is 23.9 Å². The highest BCUT2D eigenvalue weighted by Gasteiger charge is 2.57. The third-order valence-corrected chi connectivity index (χ3v) is 13.2. The van der Waals surface area contributed by atoms with E-state index in [2.05, 4.69) is 31.4 Å². The number of para-hydroxylation sites is 1. The Morgan fingerprint density at radius 2 is 1.84 bits per heavy atom. The van der Waals surface area contributed by atoms with Crippen molar-refractivity contribution < 1.29 is 37.8 Å². The molecule has 4 N–H and O–H groups in total. The van der Waals surface area contributed by atoms with Gasteiger partial charge in [0.15, 0.2) is 0 Å². The van der Waals surface area contributed by atoms with E-state index in [4.69, 9.17) is 9.57 Å². The second-order valence-electron chi connectivity index (χ2n) is 17.1. The Kier molecular flexibility index (Phi) is 13.3. The zero-order valence-corrected chi connectivity index (χ0v) is 35.0. The Balaban J connectivity index is 1.48. The number of amides is 2. The molecular weight excluding hydrogens is 723 g/mol. The summed E-state index contributed by atoms with van der Waals surface area (Å²) in [6.45, 7) is 10.8. The van der Waals surface area contributed by atoms with Gasteiger partial charge in [-0.25, -0.2) is 8.42 Å². The molecule has 0 spiro atoms. The number of carbonyl (C=O) groups excluding carboxylic acids is 2. The van der Waals surface area contributed by atoms with Crippen molar-refractivity contribution in [3.8, 4) is 16.9 Å². The van der Waals surface area contributed by atoms with Gasteiger partial charge in [0.2, 0.25) is 5.91 Å². The number of hydrogen-bond donors (Lipinski definition) is 4. The number of nitrogens with zero attached hydrogens (tertiary/aromatic N) is 3. The number of carbonyl (C=O) groups is 2. The van der Waals surface area contributed by atoms with Gasteiger partial charge in [-0.3, -0.25) is 14.4 Å². The molecule has 1 saturated heterocycles. The Labute approximate surface area is 327 Å². The molecule has 2 amide bonds. The van der Waals surface area contributed by atoms with Gasteiger partial charge in [0.05, 0.1) is 37.7 Å². The van der Waals surface area contributed by atoms with Gasteiger partial charge in [0.25, 0.3) is 5.91 Å². The summed E-state index contributed by atoms with van der Waals surface area (Å²) >= 11 is 0. The lowest BCUT2D eigenvalue weighted by Crippen LogP contribution is -2.62. The number of rotatable bonds is 16. The molecule has 0 radical (unpaired) electrons. The summed E-state index contributed by atoms with van der Waals surface area (Å²) in [6, 6.07) is 9.69. The monoisotopic (exact) mass is 785 g/mol. The largest absolute Gasteiger partial charge is 0.493 e. The number of sulfone groups is 1. The van der Waals surface area contributed by atoms with Crippen LogP contribution >= 0.6 is 0 Å². The number of nitrogens with one attached hydrogen (secondary N) is 2. The number of benzene rings is 2. The number of ether oxygens (including phenoxy) is 1. The van der Waals surface area contributed by atoms with Gasteiger partial charge in [-0.1, -0.05) is 39.0 Å². The first-order valence-electron chi connectivity index (χ1n) is 19.5. The van der Waals surface area contributed by atoms with Crippen LogP contribution in [-0.4, -0.2) is 131 Å². The van der Waals surface area contributed by atoms with Gasteiger partial charge in [-0.2, -0.15) is 5.06 Å². The molecule has 3 aliphatic carbocycles. The molecule has 14 heteroatoms. The van der Waals surface area contributed by atoms with Crippen LogP contribution in [0.1, 0.15) is 63.4 Å². The zero-order valence-electron chi connectivity index (χ0n) is 34.2. The van der Waals surface area contributed by atoms with Crippen LogP contribution in [0.15, 0.2) is 36.4 Å². The van der Waals surface area contributed by atoms with Crippen molar-refractivity contribution >= 4 is 27.3 Å². The lowest BCUT2D eigenvalue weighted by atomic mass is 9.45. The molecular formula is C41H63N5O8S. The van der Waals surface area contributed by atoms with Crippen molar-refractivity contribution in [2.75, 3.05) is 64.9 Å². The predicted octanol–water partition coefficient (Wildman–Crippen LogP) is 3.18. The Bertz CT molecular complexity index is 1800. The first-order chi connectivity index (χ1) is 25.7. The van der Waals surface area contributed by atoms with Gasteiger partial charge >= 0.3 is 0 Å². The molecule has 0 unspecified atom stereocenters. The summed E-state index contributed by atoms with van der Waals surface area (Å²) in [5, 5.41) is 29.2. The molecule has 13 nitrogen and oxygen atoms in total. The Morgan fingerprint density at radius 1 is 1.13 bits per heavy atom. The average molecular weight is 786 g/mol. The molecule has 2 bridgehead atoms. The number of hydroxylamine groups is 2. The van der Waals surface area contributed by atoms with Crippen molar-refractivity contribution in [2.24, 2.45) is 29.1 Å². The Hall–Kier alpha value is -3.27. The SMILES string of the molecule is CCOc1c(CN2O[C@@H](CO)[C@@H]([C@H](C)O)[C@H]2C(=O)N[C@H]2C[C@H]3C[C@H]([C@@H]2C)C3(C)C)cccc1-c1cc(C(=O)N[C@H](CN(C)C)CS(C)(=O)=O)cc(N(C)C)c1. The minimum Gasteiger partial charge on any atom is -0.493 e. The van der Waals surface area contributed by atoms with Crippen LogP contribution in [-0.2, 0) is 26.0 Å². The predicted molar refractivity (Wildman–Crippen MR) is 214 cm³/mol. The van der Waals surface area contributed by atoms with Crippen molar-refractivity contribution in [1.29, 1.82) is 0 Å². The molecule has 1 heterocycles. The van der Waals surface area contributed by atoms with E-state index in [1.807, 2.05) is 69.2 Å². The molecule has 2 aromatic rings. The Morgan fingerprint density at radius 3 is 2.40 bits per heavy atom. The molecule has 3 saturated carbocycles. The van der Waals surface area contributed by atoms with Gasteiger partial charge in [0.1, 0.15) is 27.7 Å². The van der Waals surface area contributed by atoms with Crippen LogP contribution in [0.3, 0.4) is 0 Å². The molecule has 4 aliphatic rings. The van der Waals surface area contributed by atoms with Gasteiger partial charge in [0, 0.05) is 61.2 Å². The molecule has 0 aromatic heterocycles. The molecule has 4 fully saturated rings. The smallest absolute Gasteiger partial charge is 0.251 e. The molecule has 1 aliphatic heterocycles. The van der Waals surface area contributed by atoms with Crippen LogP contribution in [0.4, 0.5) is 5.69 Å². The summed E-state index contributed by atoms with van der Waals surface area (Å²) in [4.78, 5) is 38.1. The third-order valence-electron chi connectivity index (χ3n) is 12.2. The van der Waals surface area contributed by atoms with E-state index in [9.17, 15) is 28.2 Å². The van der Waals surface area contributed by atoms with Crippen LogP contribution < -0.4 is 20.3 Å². The first-order valence-corrected chi connectivity index (χ1v) is 21.5. The fourth-order valence-corrected chi connectivity index (χ4v) is 10.2. The van der Waals surface area contributed by atoms with Gasteiger partial charge in [-0.15, -0.1) is 0 Å². The minimum absolute atomic E-state index is 0.0103. The molecule has 6 rings (SSSR count). The number of fused-ring (bicyclic) bond motifs is 2. The summed E-state index contributed by atoms with van der Waals surface area (Å²) < 4.78 is 30.7. The van der Waals surface area contributed by atoms with E-state index in [-0.39, 0.29) is 36.3 Å². The fraction of sp³-hybridized carbons (Fsp3) is 0.659. The third kappa shape index (κ3) is 9.48. The highest BCUT2D eigenvalue weighted by atomic mass is 32.2. The lowest BCUT2D eigenvalue weighted by Gasteiger charge is -2.62. The summed E-state index contributed by atoms with van der Waals surface area (Å²) in [6.07, 6.45) is 1.53. The average Bonchev–Trinajstić information content (AvgIpc) is 3.47. The van der Waals surface area contributed by atoms with Gasteiger partial charge in [-0.05, 0) is 87.7 Å². The van der Waals surface area contributed by atoms with Crippen molar-refractivity contribution in [3.05, 3.63) is 47.5 Å². The standard InChI is InChI=1S/C41H63N5O8S/c1-11-53-38-26(20-46-37(36(25(3)48)35(22-47)54-46)40(50)43-34-19-29-18-33(24(34)2)41(29,4)5)13-12-14-32(38)27-15-28(17-31(16-27)45(8)9)39(49)42-30(21-44(6)7)23-55(10,51)52/h12-17,24-25,29-30,33-37,47-48H,11,18-23H2,1-10H3,(H,42,49)(H,43,50)/t24-,25-,29+,30+,33+,34-,35-,36+,37-/m0/s1. The van der Waals surface area contributed by atoms with Crippen LogP contribution in [0, 0.1) is 29.1 Å². The highest BCUT2D eigenvalue weighted by molar-refractivity contribution is 7.90. The second-order valence-corrected chi connectivity index (χ2v) is 19.3. The molecule has 55 heavy (non-hydrogen) atoms. The van der Waals surface area contributed by atoms with Crippen LogP contribution in [0.2, 0.25) is 0 Å². The number of hydrogen-bond acceptors (Lipinski definition) is 11. The maximum atomic E-state index is 14.3. The van der Waals surface area contributed by atoms with Crippen LogP contribution in [0.5, 0.6) is 5.75 Å².